The molecular weight excluding hydrogens is 262 g/mol. The molecule has 0 aliphatic carbocycles. The van der Waals surface area contributed by atoms with Crippen molar-refractivity contribution in [3.63, 3.8) is 0 Å². The maximum absolute atomic E-state index is 9.36. The molecule has 0 bridgehead atoms. The number of aliphatic hydroxyl groups is 2. The molecule has 112 valence electrons. The van der Waals surface area contributed by atoms with E-state index >= 15 is 0 Å². The monoisotopic (exact) mass is 283 g/mol. The summed E-state index contributed by atoms with van der Waals surface area (Å²) in [4.78, 5) is 0. The van der Waals surface area contributed by atoms with Crippen molar-refractivity contribution >= 4 is 0 Å². The lowest BCUT2D eigenvalue weighted by molar-refractivity contribution is -0.137. The van der Waals surface area contributed by atoms with Crippen LogP contribution in [-0.4, -0.2) is 42.4 Å². The van der Waals surface area contributed by atoms with Crippen molar-refractivity contribution in [1.82, 2.24) is 0 Å². The van der Waals surface area contributed by atoms with Gasteiger partial charge in [-0.05, 0) is 5.56 Å². The number of aliphatic hydroxyl groups excluding tert-OH is 2. The molecule has 6 heteroatoms. The fourth-order valence-electron chi connectivity index (χ4n) is 1.65. The largest absolute Gasteiger partial charge is 0.512 e. The Bertz CT molecular complexity index is 384. The van der Waals surface area contributed by atoms with Gasteiger partial charge in [0.1, 0.15) is 18.6 Å². The Morgan fingerprint density at radius 1 is 1.30 bits per heavy atom. The lowest BCUT2D eigenvalue weighted by Crippen LogP contribution is -2.49. The first-order chi connectivity index (χ1) is 9.72. The van der Waals surface area contributed by atoms with Crippen molar-refractivity contribution in [3.05, 3.63) is 48.4 Å². The molecule has 0 aromatic heterocycles. The van der Waals surface area contributed by atoms with Crippen LogP contribution in [-0.2, 0) is 20.8 Å². The lowest BCUT2D eigenvalue weighted by Gasteiger charge is -2.28. The van der Waals surface area contributed by atoms with Crippen LogP contribution in [0.5, 0.6) is 0 Å². The van der Waals surface area contributed by atoms with Crippen LogP contribution in [0.1, 0.15) is 5.56 Å². The molecular formula is C14H21NO5. The Balaban J connectivity index is 2.55. The molecule has 0 fully saturated rings. The Hall–Kier alpha value is -1.60. The van der Waals surface area contributed by atoms with E-state index in [2.05, 4.69) is 0 Å². The molecule has 0 saturated heterocycles. The number of ether oxygens (including phenoxy) is 3. The predicted molar refractivity (Wildman–Crippen MR) is 73.7 cm³/mol. The Labute approximate surface area is 118 Å². The molecule has 4 N–H and O–H groups in total. The maximum Gasteiger partial charge on any atom is 0.216 e. The van der Waals surface area contributed by atoms with Gasteiger partial charge in [0, 0.05) is 7.11 Å². The van der Waals surface area contributed by atoms with Gasteiger partial charge in [-0.2, -0.15) is 0 Å². The highest BCUT2D eigenvalue weighted by atomic mass is 16.7. The van der Waals surface area contributed by atoms with Crippen molar-refractivity contribution in [1.29, 1.82) is 0 Å². The zero-order chi connectivity index (χ0) is 14.8. The van der Waals surface area contributed by atoms with Gasteiger partial charge in [-0.15, -0.1) is 0 Å². The molecule has 1 aromatic carbocycles. The van der Waals surface area contributed by atoms with Crippen LogP contribution in [0.15, 0.2) is 42.9 Å². The maximum atomic E-state index is 9.36. The van der Waals surface area contributed by atoms with Crippen LogP contribution in [0, 0.1) is 0 Å². The van der Waals surface area contributed by atoms with Crippen LogP contribution in [0.25, 0.3) is 0 Å². The van der Waals surface area contributed by atoms with E-state index in [1.54, 1.807) is 0 Å². The van der Waals surface area contributed by atoms with Gasteiger partial charge in [0.2, 0.25) is 6.29 Å². The molecule has 0 aliphatic rings. The predicted octanol–water partition coefficient (Wildman–Crippen LogP) is 0.910. The zero-order valence-corrected chi connectivity index (χ0v) is 11.4. The third kappa shape index (κ3) is 5.18. The Morgan fingerprint density at radius 3 is 2.55 bits per heavy atom. The molecule has 6 nitrogen and oxygen atoms in total. The number of hydrogen-bond donors (Lipinski definition) is 3. The second kappa shape index (κ2) is 9.33. The first kappa shape index (κ1) is 16.5. The molecule has 0 heterocycles. The molecule has 0 spiro atoms. The van der Waals surface area contributed by atoms with E-state index in [0.717, 1.165) is 18.1 Å². The molecule has 2 unspecified atom stereocenters. The summed E-state index contributed by atoms with van der Waals surface area (Å²) < 4.78 is 15.7. The van der Waals surface area contributed by atoms with E-state index < -0.39 is 18.4 Å². The first-order valence-corrected chi connectivity index (χ1v) is 6.22. The molecule has 1 rings (SSSR count). The van der Waals surface area contributed by atoms with Crippen LogP contribution in [0.2, 0.25) is 0 Å². The van der Waals surface area contributed by atoms with Gasteiger partial charge in [-0.25, -0.2) is 0 Å². The summed E-state index contributed by atoms with van der Waals surface area (Å²) in [5.74, 6) is 0. The molecule has 0 radical (unpaired) electrons. The summed E-state index contributed by atoms with van der Waals surface area (Å²) in [6, 6.07) is 8.84. The minimum atomic E-state index is -0.827. The van der Waals surface area contributed by atoms with Gasteiger partial charge in [-0.1, -0.05) is 30.3 Å². The van der Waals surface area contributed by atoms with Crippen molar-refractivity contribution in [2.24, 2.45) is 5.73 Å². The van der Waals surface area contributed by atoms with Crippen molar-refractivity contribution < 1.29 is 24.4 Å². The number of methoxy groups -OCH3 is 1. The Kier molecular flexibility index (Phi) is 7.67. The molecule has 0 saturated carbocycles. The average Bonchev–Trinajstić information content (AvgIpc) is 2.49. The van der Waals surface area contributed by atoms with E-state index in [1.807, 2.05) is 30.3 Å². The number of rotatable bonds is 9. The molecule has 3 atom stereocenters. The van der Waals surface area contributed by atoms with Crippen LogP contribution < -0.4 is 5.73 Å². The summed E-state index contributed by atoms with van der Waals surface area (Å²) in [6.07, 6.45) is 0.315. The third-order valence-electron chi connectivity index (χ3n) is 2.74. The van der Waals surface area contributed by atoms with Crippen molar-refractivity contribution in [2.75, 3.05) is 13.7 Å². The van der Waals surface area contributed by atoms with Crippen LogP contribution in [0.3, 0.4) is 0 Å². The highest BCUT2D eigenvalue weighted by Crippen LogP contribution is 2.10. The number of benzene rings is 1. The molecule has 20 heavy (non-hydrogen) atoms. The second-order valence-electron chi connectivity index (χ2n) is 4.12. The van der Waals surface area contributed by atoms with Gasteiger partial charge >= 0.3 is 0 Å². The van der Waals surface area contributed by atoms with Gasteiger partial charge in [0.05, 0.1) is 19.3 Å². The standard InChI is InChI=1S/C14H21NO5/c1-18-14(19-8-7-16)13(15)12(9-17)20-10-11-5-3-2-4-6-11/h2-8,12-14,16-17H,9-10,15H2,1H3/b8-7-/t12-,13?,14?/m1/s1. The molecule has 0 aliphatic heterocycles. The summed E-state index contributed by atoms with van der Waals surface area (Å²) >= 11 is 0. The summed E-state index contributed by atoms with van der Waals surface area (Å²) in [5, 5.41) is 17.9. The number of nitrogens with two attached hydrogens (primary N) is 1. The fraction of sp³-hybridized carbons (Fsp3) is 0.429. The highest BCUT2D eigenvalue weighted by Gasteiger charge is 2.27. The molecule has 0 amide bonds. The summed E-state index contributed by atoms with van der Waals surface area (Å²) in [7, 11) is 1.42. The Morgan fingerprint density at radius 2 is 2.00 bits per heavy atom. The van der Waals surface area contributed by atoms with E-state index in [0.29, 0.717) is 6.61 Å². The normalized spacial score (nSPS) is 15.9. The smallest absolute Gasteiger partial charge is 0.216 e. The van der Waals surface area contributed by atoms with Gasteiger partial charge in [0.15, 0.2) is 0 Å². The topological polar surface area (TPSA) is 94.2 Å². The van der Waals surface area contributed by atoms with Gasteiger partial charge in [0.25, 0.3) is 0 Å². The molecule has 1 aromatic rings. The third-order valence-corrected chi connectivity index (χ3v) is 2.74. The fourth-order valence-corrected chi connectivity index (χ4v) is 1.65. The average molecular weight is 283 g/mol. The minimum absolute atomic E-state index is 0.264. The SMILES string of the molecule is COC(O/C=C\O)C(N)[C@@H](CO)OCc1ccccc1. The van der Waals surface area contributed by atoms with Gasteiger partial charge in [-0.3, -0.25) is 0 Å². The van der Waals surface area contributed by atoms with E-state index in [1.165, 1.54) is 7.11 Å². The van der Waals surface area contributed by atoms with Crippen molar-refractivity contribution in [2.45, 2.75) is 25.0 Å². The van der Waals surface area contributed by atoms with E-state index in [9.17, 15) is 5.11 Å². The minimum Gasteiger partial charge on any atom is -0.512 e. The first-order valence-electron chi connectivity index (χ1n) is 6.22. The van der Waals surface area contributed by atoms with Gasteiger partial charge < -0.3 is 30.2 Å². The van der Waals surface area contributed by atoms with Crippen LogP contribution in [0.4, 0.5) is 0 Å². The van der Waals surface area contributed by atoms with Crippen LogP contribution >= 0.6 is 0 Å². The zero-order valence-electron chi connectivity index (χ0n) is 11.4. The summed E-state index contributed by atoms with van der Waals surface area (Å²) in [5.41, 5.74) is 6.91. The highest BCUT2D eigenvalue weighted by molar-refractivity contribution is 5.13. The van der Waals surface area contributed by atoms with E-state index in [4.69, 9.17) is 25.1 Å². The number of hydrogen-bond acceptors (Lipinski definition) is 6. The lowest BCUT2D eigenvalue weighted by atomic mass is 10.1. The second-order valence-corrected chi connectivity index (χ2v) is 4.12. The quantitative estimate of drug-likeness (QED) is 0.460. The summed E-state index contributed by atoms with van der Waals surface area (Å²) in [6.45, 7) is 0.0616. The van der Waals surface area contributed by atoms with E-state index in [-0.39, 0.29) is 6.61 Å². The van der Waals surface area contributed by atoms with Crippen molar-refractivity contribution in [3.8, 4) is 0 Å².